The minimum atomic E-state index is -1.08. The van der Waals surface area contributed by atoms with Crippen LogP contribution in [-0.4, -0.2) is 84.1 Å². The Hall–Kier alpha value is -2.33. The number of allylic oxidation sites excluding steroid dienone is 1. The van der Waals surface area contributed by atoms with Crippen LogP contribution in [0.2, 0.25) is 0 Å². The maximum absolute atomic E-state index is 12.9. The molecule has 0 amide bonds. The van der Waals surface area contributed by atoms with Crippen LogP contribution < -0.4 is 16.4 Å². The zero-order valence-corrected chi connectivity index (χ0v) is 27.1. The standard InChI is InChI=1S/C34H53N5O3S/c1-5-26(28-8-6-27(7-9-28)24(2)39(30-10-11-30)31-15-21-42-22-16-31)12-18-38(4)25(3)36-34(33-32(35)17-23-43(33)40)37-29-13-19-41-20-14-29/h6-9,26,29-31,34,36-37H,2-3,5,10-23,35H2,1,4H3/t26?,34?,43-/m1/s1. The van der Waals surface area contributed by atoms with Crippen LogP contribution in [0.1, 0.15) is 81.8 Å². The third-order valence-electron chi connectivity index (χ3n) is 9.63. The molecule has 5 rings (SSSR count). The molecule has 1 aromatic carbocycles. The van der Waals surface area contributed by atoms with E-state index in [0.29, 0.717) is 36.2 Å². The first-order valence-corrected chi connectivity index (χ1v) is 17.7. The van der Waals surface area contributed by atoms with Gasteiger partial charge in [-0.1, -0.05) is 44.3 Å². The van der Waals surface area contributed by atoms with E-state index in [2.05, 4.69) is 71.8 Å². The van der Waals surface area contributed by atoms with Gasteiger partial charge in [-0.05, 0) is 74.8 Å². The Morgan fingerprint density at radius 3 is 2.23 bits per heavy atom. The molecule has 4 N–H and O–H groups in total. The van der Waals surface area contributed by atoms with Crippen LogP contribution in [0.4, 0.5) is 0 Å². The van der Waals surface area contributed by atoms with Gasteiger partial charge in [-0.2, -0.15) is 0 Å². The zero-order valence-electron chi connectivity index (χ0n) is 26.3. The van der Waals surface area contributed by atoms with Gasteiger partial charge in [0, 0.05) is 75.3 Å². The Bertz CT molecular complexity index is 1160. The van der Waals surface area contributed by atoms with Crippen molar-refractivity contribution in [1.29, 1.82) is 0 Å². The Labute approximate surface area is 261 Å². The lowest BCUT2D eigenvalue weighted by molar-refractivity contribution is 0.0507. The summed E-state index contributed by atoms with van der Waals surface area (Å²) in [6.07, 6.45) is 9.06. The summed E-state index contributed by atoms with van der Waals surface area (Å²) < 4.78 is 24.0. The predicted octanol–water partition coefficient (Wildman–Crippen LogP) is 4.59. The molecule has 1 aromatic rings. The van der Waals surface area contributed by atoms with Gasteiger partial charge < -0.3 is 30.3 Å². The Morgan fingerprint density at radius 2 is 1.65 bits per heavy atom. The summed E-state index contributed by atoms with van der Waals surface area (Å²) in [5, 5.41) is 7.22. The van der Waals surface area contributed by atoms with Crippen molar-refractivity contribution in [2.24, 2.45) is 5.73 Å². The van der Waals surface area contributed by atoms with Crippen molar-refractivity contribution in [2.45, 2.75) is 94.9 Å². The molecule has 0 aromatic heterocycles. The normalized spacial score (nSPS) is 23.2. The lowest BCUT2D eigenvalue weighted by atomic mass is 9.92. The van der Waals surface area contributed by atoms with Crippen molar-refractivity contribution in [3.05, 3.63) is 65.0 Å². The molecule has 238 valence electrons. The molecule has 2 saturated heterocycles. The first-order chi connectivity index (χ1) is 20.9. The number of ether oxygens (including phenoxy) is 2. The highest BCUT2D eigenvalue weighted by atomic mass is 32.2. The highest BCUT2D eigenvalue weighted by Crippen LogP contribution is 2.38. The van der Waals surface area contributed by atoms with Crippen LogP contribution in [0.5, 0.6) is 0 Å². The Balaban J connectivity index is 1.17. The molecule has 4 aliphatic rings. The van der Waals surface area contributed by atoms with Gasteiger partial charge in [0.2, 0.25) is 0 Å². The van der Waals surface area contributed by atoms with Gasteiger partial charge >= 0.3 is 0 Å². The summed E-state index contributed by atoms with van der Waals surface area (Å²) in [7, 11) is 0.998. The molecule has 3 heterocycles. The maximum Gasteiger partial charge on any atom is 0.115 e. The molecule has 3 fully saturated rings. The molecule has 2 unspecified atom stereocenters. The van der Waals surface area contributed by atoms with Gasteiger partial charge in [0.05, 0.1) is 21.5 Å². The molecule has 0 spiro atoms. The lowest BCUT2D eigenvalue weighted by Crippen LogP contribution is -2.52. The Morgan fingerprint density at radius 1 is 1.02 bits per heavy atom. The molecule has 1 saturated carbocycles. The van der Waals surface area contributed by atoms with E-state index < -0.39 is 10.8 Å². The molecule has 9 heteroatoms. The monoisotopic (exact) mass is 611 g/mol. The molecule has 0 bridgehead atoms. The summed E-state index contributed by atoms with van der Waals surface area (Å²) in [5.41, 5.74) is 10.8. The summed E-state index contributed by atoms with van der Waals surface area (Å²) in [6, 6.07) is 10.6. The van der Waals surface area contributed by atoms with Crippen LogP contribution in [0.25, 0.3) is 5.70 Å². The lowest BCUT2D eigenvalue weighted by Gasteiger charge is -2.37. The second-order valence-corrected chi connectivity index (χ2v) is 14.2. The number of nitrogens with zero attached hydrogens (tertiary/aromatic N) is 2. The molecule has 8 nitrogen and oxygen atoms in total. The van der Waals surface area contributed by atoms with Gasteiger partial charge in [0.1, 0.15) is 6.17 Å². The van der Waals surface area contributed by atoms with Crippen LogP contribution in [0.15, 0.2) is 53.8 Å². The first kappa shape index (κ1) is 32.1. The molecule has 0 radical (unpaired) electrons. The third kappa shape index (κ3) is 8.24. The van der Waals surface area contributed by atoms with E-state index in [1.807, 2.05) is 0 Å². The average molecular weight is 612 g/mol. The van der Waals surface area contributed by atoms with Crippen LogP contribution in [0, 0.1) is 0 Å². The zero-order chi connectivity index (χ0) is 30.3. The number of nitrogens with two attached hydrogens (primary N) is 1. The van der Waals surface area contributed by atoms with Gasteiger partial charge in [0.15, 0.2) is 0 Å². The van der Waals surface area contributed by atoms with Gasteiger partial charge in [0.25, 0.3) is 0 Å². The van der Waals surface area contributed by atoms with Gasteiger partial charge in [-0.15, -0.1) is 0 Å². The van der Waals surface area contributed by atoms with E-state index in [0.717, 1.165) is 87.9 Å². The summed E-state index contributed by atoms with van der Waals surface area (Å²) in [4.78, 5) is 5.55. The Kier molecular flexibility index (Phi) is 11.3. The SMILES string of the molecule is C=C(NC(NC1CCOCC1)C1=C(N)CC[S@]1=O)N(C)CCC(CC)c1ccc(C(=C)N(C2CCOCC2)C2CC2)cc1. The number of hydrogen-bond donors (Lipinski definition) is 3. The molecular formula is C34H53N5O3S. The van der Waals surface area contributed by atoms with Crippen molar-refractivity contribution in [1.82, 2.24) is 20.4 Å². The molecule has 3 atom stereocenters. The molecule has 43 heavy (non-hydrogen) atoms. The summed E-state index contributed by atoms with van der Waals surface area (Å²) in [5.74, 6) is 1.85. The van der Waals surface area contributed by atoms with Crippen molar-refractivity contribution in [2.75, 3.05) is 45.8 Å². The molecule has 1 aliphatic carbocycles. The minimum Gasteiger partial charge on any atom is -0.401 e. The van der Waals surface area contributed by atoms with E-state index in [-0.39, 0.29) is 6.17 Å². The number of hydrogen-bond acceptors (Lipinski definition) is 8. The van der Waals surface area contributed by atoms with Gasteiger partial charge in [-0.3, -0.25) is 9.53 Å². The highest BCUT2D eigenvalue weighted by Gasteiger charge is 2.36. The summed E-state index contributed by atoms with van der Waals surface area (Å²) >= 11 is 0. The largest absolute Gasteiger partial charge is 0.401 e. The fourth-order valence-electron chi connectivity index (χ4n) is 6.70. The van der Waals surface area contributed by atoms with Crippen LogP contribution in [0.3, 0.4) is 0 Å². The fraction of sp³-hybridized carbons (Fsp3) is 0.647. The van der Waals surface area contributed by atoms with Crippen molar-refractivity contribution < 1.29 is 13.7 Å². The predicted molar refractivity (Wildman–Crippen MR) is 176 cm³/mol. The molecular weight excluding hydrogens is 558 g/mol. The third-order valence-corrected chi connectivity index (χ3v) is 11.2. The quantitative estimate of drug-likeness (QED) is 0.248. The second kappa shape index (κ2) is 15.1. The fourth-order valence-corrected chi connectivity index (χ4v) is 8.11. The average Bonchev–Trinajstić information content (AvgIpc) is 3.81. The smallest absolute Gasteiger partial charge is 0.115 e. The van der Waals surface area contributed by atoms with Crippen LogP contribution >= 0.6 is 0 Å². The van der Waals surface area contributed by atoms with Crippen molar-refractivity contribution in [3.63, 3.8) is 0 Å². The topological polar surface area (TPSA) is 92.1 Å². The van der Waals surface area contributed by atoms with Crippen molar-refractivity contribution in [3.8, 4) is 0 Å². The van der Waals surface area contributed by atoms with E-state index in [9.17, 15) is 4.21 Å². The van der Waals surface area contributed by atoms with Gasteiger partial charge in [-0.25, -0.2) is 0 Å². The van der Waals surface area contributed by atoms with Crippen LogP contribution in [-0.2, 0) is 20.3 Å². The second-order valence-electron chi connectivity index (χ2n) is 12.6. The van der Waals surface area contributed by atoms with E-state index >= 15 is 0 Å². The summed E-state index contributed by atoms with van der Waals surface area (Å²) in [6.45, 7) is 15.2. The minimum absolute atomic E-state index is 0.291. The number of nitrogens with one attached hydrogen (secondary N) is 2. The maximum atomic E-state index is 12.9. The highest BCUT2D eigenvalue weighted by molar-refractivity contribution is 7.89. The van der Waals surface area contributed by atoms with Crippen molar-refractivity contribution >= 4 is 16.5 Å². The van der Waals surface area contributed by atoms with E-state index in [4.69, 9.17) is 15.2 Å². The number of benzene rings is 1. The molecule has 3 aliphatic heterocycles. The van der Waals surface area contributed by atoms with E-state index in [1.165, 1.54) is 29.7 Å². The first-order valence-electron chi connectivity index (χ1n) is 16.4. The van der Waals surface area contributed by atoms with E-state index in [1.54, 1.807) is 0 Å². The number of rotatable bonds is 15.